The molecule has 0 radical (unpaired) electrons. The molecule has 4 nitrogen and oxygen atoms in total. The van der Waals surface area contributed by atoms with Crippen molar-refractivity contribution in [3.8, 4) is 0 Å². The van der Waals surface area contributed by atoms with Gasteiger partial charge in [0.1, 0.15) is 5.60 Å². The molecular weight excluding hydrogens is 260 g/mol. The summed E-state index contributed by atoms with van der Waals surface area (Å²) in [5, 5.41) is 3.29. The first-order valence-electron chi connectivity index (χ1n) is 6.81. The van der Waals surface area contributed by atoms with Crippen LogP contribution in [0.2, 0.25) is 0 Å². The molecule has 1 rings (SSSR count). The summed E-state index contributed by atoms with van der Waals surface area (Å²) in [6.45, 7) is 12.5. The molecule has 1 atom stereocenters. The number of likely N-dealkylation sites (tertiary alicyclic amines) is 1. The highest BCUT2D eigenvalue weighted by molar-refractivity contribution is 7.80. The van der Waals surface area contributed by atoms with Crippen molar-refractivity contribution in [3.63, 3.8) is 0 Å². The van der Waals surface area contributed by atoms with Crippen LogP contribution in [0.15, 0.2) is 0 Å². The maximum atomic E-state index is 12.2. The van der Waals surface area contributed by atoms with E-state index in [0.717, 1.165) is 17.8 Å². The Hall–Kier alpha value is -0.840. The van der Waals surface area contributed by atoms with E-state index in [1.54, 1.807) is 4.90 Å². The standard InChI is InChI=1S/C14H26N2O2S/c1-13(2,3)15-11(19)10-8-7-9-16(10)12(17)18-14(4,5)6/h10H,7-9H2,1-6H3,(H,15,19)/t10-/m0/s1. The molecule has 0 aliphatic carbocycles. The number of nitrogens with zero attached hydrogens (tertiary/aromatic N) is 1. The van der Waals surface area contributed by atoms with E-state index in [0.29, 0.717) is 6.54 Å². The molecule has 1 amide bonds. The normalized spacial score (nSPS) is 20.3. The van der Waals surface area contributed by atoms with Gasteiger partial charge in [0.05, 0.1) is 11.0 Å². The van der Waals surface area contributed by atoms with Crippen molar-refractivity contribution >= 4 is 23.3 Å². The second-order valence-electron chi connectivity index (χ2n) is 7.07. The third-order valence-corrected chi connectivity index (χ3v) is 3.06. The molecule has 5 heteroatoms. The maximum Gasteiger partial charge on any atom is 0.410 e. The fourth-order valence-corrected chi connectivity index (χ4v) is 2.58. The third kappa shape index (κ3) is 5.35. The number of carbonyl (C=O) groups is 1. The zero-order chi connectivity index (χ0) is 14.8. The van der Waals surface area contributed by atoms with E-state index in [2.05, 4.69) is 26.1 Å². The topological polar surface area (TPSA) is 41.6 Å². The number of hydrogen-bond donors (Lipinski definition) is 1. The molecule has 0 unspecified atom stereocenters. The summed E-state index contributed by atoms with van der Waals surface area (Å²) in [6, 6.07) is -0.0379. The van der Waals surface area contributed by atoms with E-state index in [9.17, 15) is 4.79 Å². The van der Waals surface area contributed by atoms with Crippen molar-refractivity contribution in [2.45, 2.75) is 71.6 Å². The molecule has 0 bridgehead atoms. The number of amides is 1. The molecule has 1 aliphatic heterocycles. The Kier molecular flexibility index (Phi) is 4.82. The van der Waals surface area contributed by atoms with E-state index < -0.39 is 5.60 Å². The monoisotopic (exact) mass is 286 g/mol. The molecule has 1 aliphatic rings. The number of hydrogen-bond acceptors (Lipinski definition) is 3. The zero-order valence-corrected chi connectivity index (χ0v) is 13.7. The van der Waals surface area contributed by atoms with Crippen LogP contribution in [0.25, 0.3) is 0 Å². The first-order chi connectivity index (χ1) is 8.49. The molecule has 1 N–H and O–H groups in total. The van der Waals surface area contributed by atoms with Gasteiger partial charge in [0.25, 0.3) is 0 Å². The highest BCUT2D eigenvalue weighted by Crippen LogP contribution is 2.22. The number of ether oxygens (including phenoxy) is 1. The first-order valence-corrected chi connectivity index (χ1v) is 7.22. The number of carbonyl (C=O) groups excluding carboxylic acids is 1. The average molecular weight is 286 g/mol. The number of nitrogens with one attached hydrogen (secondary N) is 1. The second kappa shape index (κ2) is 5.65. The van der Waals surface area contributed by atoms with Crippen LogP contribution >= 0.6 is 12.2 Å². The van der Waals surface area contributed by atoms with Crippen LogP contribution in [0.1, 0.15) is 54.4 Å². The van der Waals surface area contributed by atoms with Crippen LogP contribution in [0, 0.1) is 0 Å². The van der Waals surface area contributed by atoms with Gasteiger partial charge in [0.15, 0.2) is 0 Å². The van der Waals surface area contributed by atoms with Gasteiger partial charge in [-0.3, -0.25) is 4.90 Å². The molecule has 0 aromatic rings. The molecule has 110 valence electrons. The Morgan fingerprint density at radius 1 is 1.26 bits per heavy atom. The molecule has 0 aromatic heterocycles. The summed E-state index contributed by atoms with van der Waals surface area (Å²) in [7, 11) is 0. The van der Waals surface area contributed by atoms with Gasteiger partial charge in [0, 0.05) is 12.1 Å². The van der Waals surface area contributed by atoms with E-state index in [1.165, 1.54) is 0 Å². The minimum atomic E-state index is -0.469. The summed E-state index contributed by atoms with van der Waals surface area (Å²) in [6.07, 6.45) is 1.60. The van der Waals surface area contributed by atoms with Gasteiger partial charge in [-0.05, 0) is 54.4 Å². The minimum Gasteiger partial charge on any atom is -0.444 e. The van der Waals surface area contributed by atoms with E-state index in [4.69, 9.17) is 17.0 Å². The van der Waals surface area contributed by atoms with Crippen molar-refractivity contribution in [1.29, 1.82) is 0 Å². The Labute approximate surface area is 121 Å². The SMILES string of the molecule is CC(C)(C)NC(=S)[C@@H]1CCCN1C(=O)OC(C)(C)C. The molecule has 0 aromatic carbocycles. The van der Waals surface area contributed by atoms with E-state index in [-0.39, 0.29) is 17.7 Å². The Balaban J connectivity index is 2.69. The van der Waals surface area contributed by atoms with Gasteiger partial charge < -0.3 is 10.1 Å². The Bertz CT molecular complexity index is 321. The largest absolute Gasteiger partial charge is 0.444 e. The fraction of sp³-hybridized carbons (Fsp3) is 0.857. The summed E-state index contributed by atoms with van der Waals surface area (Å²) < 4.78 is 5.43. The van der Waals surface area contributed by atoms with Gasteiger partial charge in [0.2, 0.25) is 0 Å². The molecule has 1 heterocycles. The predicted molar refractivity (Wildman–Crippen MR) is 81.4 cm³/mol. The summed E-state index contributed by atoms with van der Waals surface area (Å²) >= 11 is 5.44. The highest BCUT2D eigenvalue weighted by atomic mass is 32.1. The lowest BCUT2D eigenvalue weighted by molar-refractivity contribution is 0.0265. The zero-order valence-electron chi connectivity index (χ0n) is 12.9. The number of rotatable bonds is 1. The van der Waals surface area contributed by atoms with Crippen molar-refractivity contribution in [1.82, 2.24) is 10.2 Å². The Morgan fingerprint density at radius 3 is 2.32 bits per heavy atom. The molecule has 0 saturated carbocycles. The smallest absolute Gasteiger partial charge is 0.410 e. The first kappa shape index (κ1) is 16.2. The minimum absolute atomic E-state index is 0.0379. The van der Waals surface area contributed by atoms with Gasteiger partial charge in [-0.15, -0.1) is 0 Å². The lowest BCUT2D eigenvalue weighted by atomic mass is 10.1. The number of thiocarbonyl (C=S) groups is 1. The highest BCUT2D eigenvalue weighted by Gasteiger charge is 2.35. The van der Waals surface area contributed by atoms with Gasteiger partial charge >= 0.3 is 6.09 Å². The fourth-order valence-electron chi connectivity index (χ4n) is 2.03. The summed E-state index contributed by atoms with van der Waals surface area (Å²) in [4.78, 5) is 14.6. The van der Waals surface area contributed by atoms with Crippen molar-refractivity contribution < 1.29 is 9.53 Å². The predicted octanol–water partition coefficient (Wildman–Crippen LogP) is 3.10. The average Bonchev–Trinajstić information content (AvgIpc) is 2.59. The van der Waals surface area contributed by atoms with Crippen LogP contribution in [0.3, 0.4) is 0 Å². The molecule has 1 saturated heterocycles. The summed E-state index contributed by atoms with van der Waals surface area (Å²) in [5.74, 6) is 0. The maximum absolute atomic E-state index is 12.2. The van der Waals surface area contributed by atoms with Gasteiger partial charge in [-0.25, -0.2) is 4.79 Å². The lowest BCUT2D eigenvalue weighted by Crippen LogP contribution is -2.51. The quantitative estimate of drug-likeness (QED) is 0.752. The van der Waals surface area contributed by atoms with Crippen molar-refractivity contribution in [2.75, 3.05) is 6.54 Å². The molecule has 0 spiro atoms. The van der Waals surface area contributed by atoms with Crippen LogP contribution < -0.4 is 5.32 Å². The third-order valence-electron chi connectivity index (χ3n) is 2.68. The summed E-state index contributed by atoms with van der Waals surface area (Å²) in [5.41, 5.74) is -0.553. The second-order valence-corrected chi connectivity index (χ2v) is 7.51. The lowest BCUT2D eigenvalue weighted by Gasteiger charge is -2.32. The van der Waals surface area contributed by atoms with Crippen molar-refractivity contribution in [2.24, 2.45) is 0 Å². The van der Waals surface area contributed by atoms with E-state index >= 15 is 0 Å². The molecule has 19 heavy (non-hydrogen) atoms. The van der Waals surface area contributed by atoms with Crippen LogP contribution in [-0.2, 0) is 4.74 Å². The van der Waals surface area contributed by atoms with Gasteiger partial charge in [-0.2, -0.15) is 0 Å². The Morgan fingerprint density at radius 2 is 1.84 bits per heavy atom. The van der Waals surface area contributed by atoms with E-state index in [1.807, 2.05) is 20.8 Å². The van der Waals surface area contributed by atoms with Crippen LogP contribution in [0.4, 0.5) is 4.79 Å². The van der Waals surface area contributed by atoms with Gasteiger partial charge in [-0.1, -0.05) is 12.2 Å². The van der Waals surface area contributed by atoms with Crippen LogP contribution in [0.5, 0.6) is 0 Å². The van der Waals surface area contributed by atoms with Crippen molar-refractivity contribution in [3.05, 3.63) is 0 Å². The molecular formula is C14H26N2O2S. The van der Waals surface area contributed by atoms with Crippen LogP contribution in [-0.4, -0.2) is 39.7 Å². The molecule has 1 fully saturated rings.